The van der Waals surface area contributed by atoms with Crippen molar-refractivity contribution < 1.29 is 17.9 Å². The molecule has 0 aromatic heterocycles. The SMILES string of the molecule is CCOc1cc(/C=N\S(=O)(=O)c2ccccc2)cc(Cl)c1OC(C)C. The average molecular weight is 382 g/mol. The molecule has 5 nitrogen and oxygen atoms in total. The van der Waals surface area contributed by atoms with E-state index in [0.717, 1.165) is 0 Å². The van der Waals surface area contributed by atoms with E-state index in [0.29, 0.717) is 28.7 Å². The van der Waals surface area contributed by atoms with Crippen LogP contribution in [0, 0.1) is 0 Å². The minimum Gasteiger partial charge on any atom is -0.490 e. The zero-order chi connectivity index (χ0) is 18.4. The van der Waals surface area contributed by atoms with E-state index in [2.05, 4.69) is 4.40 Å². The van der Waals surface area contributed by atoms with Crippen LogP contribution in [-0.2, 0) is 10.0 Å². The molecule has 0 fully saturated rings. The highest BCUT2D eigenvalue weighted by atomic mass is 35.5. The zero-order valence-corrected chi connectivity index (χ0v) is 15.8. The van der Waals surface area contributed by atoms with Crippen LogP contribution in [0.4, 0.5) is 0 Å². The molecule has 0 amide bonds. The van der Waals surface area contributed by atoms with E-state index in [-0.39, 0.29) is 11.0 Å². The normalized spacial score (nSPS) is 11.9. The fourth-order valence-corrected chi connectivity index (χ4v) is 3.21. The van der Waals surface area contributed by atoms with Gasteiger partial charge in [-0.15, -0.1) is 0 Å². The second-order valence-corrected chi connectivity index (χ2v) is 7.49. The molecule has 0 radical (unpaired) electrons. The maximum atomic E-state index is 12.2. The molecule has 0 bridgehead atoms. The molecule has 25 heavy (non-hydrogen) atoms. The van der Waals surface area contributed by atoms with Crippen molar-refractivity contribution >= 4 is 27.8 Å². The van der Waals surface area contributed by atoms with Crippen LogP contribution in [0.25, 0.3) is 0 Å². The molecule has 7 heteroatoms. The van der Waals surface area contributed by atoms with Crippen molar-refractivity contribution in [1.82, 2.24) is 0 Å². The lowest BCUT2D eigenvalue weighted by Gasteiger charge is -2.16. The summed E-state index contributed by atoms with van der Waals surface area (Å²) in [7, 11) is -3.77. The van der Waals surface area contributed by atoms with Crippen LogP contribution < -0.4 is 9.47 Å². The predicted molar refractivity (Wildman–Crippen MR) is 99.6 cm³/mol. The summed E-state index contributed by atoms with van der Waals surface area (Å²) in [6.45, 7) is 6.03. The molecule has 0 aliphatic heterocycles. The Kier molecular flexibility index (Phi) is 6.45. The molecule has 0 aliphatic carbocycles. The summed E-state index contributed by atoms with van der Waals surface area (Å²) in [6, 6.07) is 11.2. The summed E-state index contributed by atoms with van der Waals surface area (Å²) >= 11 is 6.27. The Hall–Kier alpha value is -2.05. The van der Waals surface area contributed by atoms with Gasteiger partial charge in [-0.25, -0.2) is 0 Å². The van der Waals surface area contributed by atoms with Crippen LogP contribution >= 0.6 is 11.6 Å². The third kappa shape index (κ3) is 5.21. The minimum absolute atomic E-state index is 0.0744. The van der Waals surface area contributed by atoms with Gasteiger partial charge in [-0.2, -0.15) is 12.8 Å². The molecule has 0 spiro atoms. The Morgan fingerprint density at radius 2 is 1.88 bits per heavy atom. The quantitative estimate of drug-likeness (QED) is 0.669. The topological polar surface area (TPSA) is 65.0 Å². The molecule has 134 valence electrons. The number of ether oxygens (including phenoxy) is 2. The second kappa shape index (κ2) is 8.36. The number of rotatable bonds is 7. The van der Waals surface area contributed by atoms with Crippen LogP contribution in [0.1, 0.15) is 26.3 Å². The van der Waals surface area contributed by atoms with Crippen molar-refractivity contribution in [3.8, 4) is 11.5 Å². The Balaban J connectivity index is 2.37. The Bertz CT molecular complexity index is 849. The summed E-state index contributed by atoms with van der Waals surface area (Å²) < 4.78 is 39.4. The van der Waals surface area contributed by atoms with Gasteiger partial charge < -0.3 is 9.47 Å². The lowest BCUT2D eigenvalue weighted by molar-refractivity contribution is 0.224. The molecule has 0 aliphatic rings. The van der Waals surface area contributed by atoms with Crippen molar-refractivity contribution in [2.75, 3.05) is 6.61 Å². The third-order valence-corrected chi connectivity index (χ3v) is 4.60. The minimum atomic E-state index is -3.77. The lowest BCUT2D eigenvalue weighted by atomic mass is 10.2. The Morgan fingerprint density at radius 3 is 2.48 bits per heavy atom. The van der Waals surface area contributed by atoms with Gasteiger partial charge in [-0.1, -0.05) is 29.8 Å². The van der Waals surface area contributed by atoms with Crippen molar-refractivity contribution in [2.24, 2.45) is 4.40 Å². The first-order chi connectivity index (χ1) is 11.8. The number of nitrogens with zero attached hydrogens (tertiary/aromatic N) is 1. The van der Waals surface area contributed by atoms with Gasteiger partial charge in [0.25, 0.3) is 10.0 Å². The maximum Gasteiger partial charge on any atom is 0.282 e. The summed E-state index contributed by atoms with van der Waals surface area (Å²) in [4.78, 5) is 0.127. The molecule has 0 N–H and O–H groups in total. The first-order valence-corrected chi connectivity index (χ1v) is 9.63. The fourth-order valence-electron chi connectivity index (χ4n) is 2.06. The molecule has 2 aromatic carbocycles. The summed E-state index contributed by atoms with van der Waals surface area (Å²) in [5.41, 5.74) is 0.504. The summed E-state index contributed by atoms with van der Waals surface area (Å²) in [5.74, 6) is 0.879. The van der Waals surface area contributed by atoms with E-state index < -0.39 is 10.0 Å². The average Bonchev–Trinajstić information content (AvgIpc) is 2.57. The molecule has 2 aromatic rings. The van der Waals surface area contributed by atoms with Crippen molar-refractivity contribution in [3.05, 3.63) is 53.1 Å². The molecular formula is C18H20ClNO4S. The first-order valence-electron chi connectivity index (χ1n) is 7.82. The van der Waals surface area contributed by atoms with Gasteiger partial charge in [0.15, 0.2) is 11.5 Å². The van der Waals surface area contributed by atoms with E-state index in [1.165, 1.54) is 18.3 Å². The monoisotopic (exact) mass is 381 g/mol. The van der Waals surface area contributed by atoms with E-state index >= 15 is 0 Å². The van der Waals surface area contributed by atoms with Gasteiger partial charge in [-0.05, 0) is 50.6 Å². The van der Waals surface area contributed by atoms with E-state index in [9.17, 15) is 8.42 Å². The van der Waals surface area contributed by atoms with Gasteiger partial charge in [0.2, 0.25) is 0 Å². The highest BCUT2D eigenvalue weighted by Gasteiger charge is 2.15. The number of benzene rings is 2. The third-order valence-electron chi connectivity index (χ3n) is 3.07. The molecule has 0 saturated carbocycles. The molecule has 0 heterocycles. The summed E-state index contributed by atoms with van der Waals surface area (Å²) in [5, 5.41) is 0.332. The summed E-state index contributed by atoms with van der Waals surface area (Å²) in [6.07, 6.45) is 1.17. The standard InChI is InChI=1S/C18H20ClNO4S/c1-4-23-17-11-14(10-16(19)18(17)24-13(2)3)12-20-25(21,22)15-8-6-5-7-9-15/h5-13H,4H2,1-3H3/b20-12-. The van der Waals surface area contributed by atoms with Crippen LogP contribution in [0.5, 0.6) is 11.5 Å². The predicted octanol–water partition coefficient (Wildman–Crippen LogP) is 4.33. The van der Waals surface area contributed by atoms with Gasteiger partial charge in [0.05, 0.1) is 22.6 Å². The number of halogens is 1. The number of hydrogen-bond acceptors (Lipinski definition) is 4. The largest absolute Gasteiger partial charge is 0.490 e. The van der Waals surface area contributed by atoms with E-state index in [4.69, 9.17) is 21.1 Å². The van der Waals surface area contributed by atoms with Crippen LogP contribution in [0.3, 0.4) is 0 Å². The maximum absolute atomic E-state index is 12.2. The van der Waals surface area contributed by atoms with Gasteiger partial charge in [-0.3, -0.25) is 0 Å². The molecule has 0 atom stereocenters. The molecular weight excluding hydrogens is 362 g/mol. The first kappa shape index (κ1) is 19.3. The van der Waals surface area contributed by atoms with E-state index in [1.54, 1.807) is 30.3 Å². The van der Waals surface area contributed by atoms with Gasteiger partial charge in [0.1, 0.15) is 0 Å². The van der Waals surface area contributed by atoms with Gasteiger partial charge in [0, 0.05) is 6.21 Å². The van der Waals surface area contributed by atoms with Crippen LogP contribution in [0.2, 0.25) is 5.02 Å². The van der Waals surface area contributed by atoms with E-state index in [1.807, 2.05) is 20.8 Å². The number of sulfonamides is 1. The van der Waals surface area contributed by atoms with Crippen LogP contribution in [-0.4, -0.2) is 27.3 Å². The zero-order valence-electron chi connectivity index (χ0n) is 14.3. The lowest BCUT2D eigenvalue weighted by Crippen LogP contribution is -2.08. The van der Waals surface area contributed by atoms with Crippen LogP contribution in [0.15, 0.2) is 51.8 Å². The van der Waals surface area contributed by atoms with Crippen molar-refractivity contribution in [3.63, 3.8) is 0 Å². The fraction of sp³-hybridized carbons (Fsp3) is 0.278. The molecule has 0 saturated heterocycles. The van der Waals surface area contributed by atoms with Crippen molar-refractivity contribution in [1.29, 1.82) is 0 Å². The number of hydrogen-bond donors (Lipinski definition) is 0. The highest BCUT2D eigenvalue weighted by molar-refractivity contribution is 7.90. The second-order valence-electron chi connectivity index (χ2n) is 5.45. The van der Waals surface area contributed by atoms with Crippen molar-refractivity contribution in [2.45, 2.75) is 31.8 Å². The highest BCUT2D eigenvalue weighted by Crippen LogP contribution is 2.37. The smallest absolute Gasteiger partial charge is 0.282 e. The molecule has 2 rings (SSSR count). The van der Waals surface area contributed by atoms with Gasteiger partial charge >= 0.3 is 0 Å². The Labute approximate surface area is 153 Å². The molecule has 0 unspecified atom stereocenters. The Morgan fingerprint density at radius 1 is 1.20 bits per heavy atom.